The van der Waals surface area contributed by atoms with E-state index in [0.717, 1.165) is 26.2 Å². The van der Waals surface area contributed by atoms with E-state index in [1.165, 1.54) is 128 Å². The Kier molecular flexibility index (Phi) is 19.4. The molecule has 0 saturated carbocycles. The van der Waals surface area contributed by atoms with Crippen molar-refractivity contribution < 1.29 is 9.13 Å². The highest BCUT2D eigenvalue weighted by Crippen LogP contribution is 2.11. The summed E-state index contributed by atoms with van der Waals surface area (Å²) in [7, 11) is 0. The second kappa shape index (κ2) is 22.9. The van der Waals surface area contributed by atoms with Crippen LogP contribution in [0.2, 0.25) is 0 Å². The third-order valence-electron chi connectivity index (χ3n) is 7.68. The smallest absolute Gasteiger partial charge is 0.237 e. The van der Waals surface area contributed by atoms with Crippen molar-refractivity contribution in [1.82, 2.24) is 9.13 Å². The molecule has 4 nitrogen and oxygen atoms in total. The van der Waals surface area contributed by atoms with Gasteiger partial charge in [-0.05, 0) is 25.7 Å². The lowest BCUT2D eigenvalue weighted by atomic mass is 10.1. The fraction of sp³-hybridized carbons (Fsp3) is 0.765. The molecule has 0 spiro atoms. The largest absolute Gasteiger partial charge is 0.244 e. The molecular weight excluding hydrogens is 464 g/mol. The van der Waals surface area contributed by atoms with Crippen molar-refractivity contribution in [2.45, 2.75) is 168 Å². The van der Waals surface area contributed by atoms with Crippen LogP contribution in [-0.2, 0) is 26.2 Å². The van der Waals surface area contributed by atoms with Crippen molar-refractivity contribution in [3.05, 3.63) is 37.4 Å². The molecule has 0 aliphatic heterocycles. The van der Waals surface area contributed by atoms with E-state index in [-0.39, 0.29) is 0 Å². The van der Waals surface area contributed by atoms with Crippen LogP contribution in [0.4, 0.5) is 0 Å². The van der Waals surface area contributed by atoms with Crippen LogP contribution >= 0.6 is 0 Å². The molecule has 0 aliphatic rings. The Morgan fingerprint density at radius 3 is 1.11 bits per heavy atom. The third kappa shape index (κ3) is 16.7. The van der Waals surface area contributed by atoms with Gasteiger partial charge in [-0.3, -0.25) is 0 Å². The number of rotatable bonds is 24. The first-order valence-electron chi connectivity index (χ1n) is 16.4. The molecule has 4 heteroatoms. The van der Waals surface area contributed by atoms with Gasteiger partial charge in [-0.15, -0.1) is 0 Å². The van der Waals surface area contributed by atoms with Crippen LogP contribution in [0.25, 0.3) is 0 Å². The Morgan fingerprint density at radius 1 is 0.447 bits per heavy atom. The first kappa shape index (κ1) is 32.2. The molecule has 2 rings (SSSR count). The van der Waals surface area contributed by atoms with E-state index in [9.17, 15) is 0 Å². The van der Waals surface area contributed by atoms with Gasteiger partial charge in [0.2, 0.25) is 12.7 Å². The minimum absolute atomic E-state index is 0.769. The molecule has 38 heavy (non-hydrogen) atoms. The molecule has 2 aromatic heterocycles. The predicted molar refractivity (Wildman–Crippen MR) is 161 cm³/mol. The maximum Gasteiger partial charge on any atom is 0.244 e. The molecule has 0 bridgehead atoms. The first-order chi connectivity index (χ1) is 18.8. The zero-order chi connectivity index (χ0) is 26.9. The van der Waals surface area contributed by atoms with Crippen molar-refractivity contribution in [3.8, 4) is 11.8 Å². The molecule has 0 radical (unpaired) electrons. The number of unbranched alkanes of at least 4 members (excludes halogenated alkanes) is 18. The highest BCUT2D eigenvalue weighted by Gasteiger charge is 2.04. The normalized spacial score (nSPS) is 11.1. The lowest BCUT2D eigenvalue weighted by molar-refractivity contribution is -0.697. The van der Waals surface area contributed by atoms with Crippen molar-refractivity contribution >= 4 is 0 Å². The lowest BCUT2D eigenvalue weighted by Gasteiger charge is -2.01. The van der Waals surface area contributed by atoms with Crippen LogP contribution in [0.1, 0.15) is 142 Å². The van der Waals surface area contributed by atoms with Gasteiger partial charge in [0.25, 0.3) is 0 Å². The number of aromatic nitrogens is 4. The van der Waals surface area contributed by atoms with Crippen molar-refractivity contribution in [1.29, 1.82) is 0 Å². The van der Waals surface area contributed by atoms with Crippen LogP contribution in [0, 0.1) is 11.8 Å². The van der Waals surface area contributed by atoms with Gasteiger partial charge in [0, 0.05) is 0 Å². The number of aryl methyl sites for hydroxylation is 2. The zero-order valence-electron chi connectivity index (χ0n) is 25.2. The van der Waals surface area contributed by atoms with Gasteiger partial charge >= 0.3 is 0 Å². The highest BCUT2D eigenvalue weighted by molar-refractivity contribution is 4.99. The number of imidazole rings is 2. The molecule has 214 valence electrons. The molecule has 0 aromatic carbocycles. The lowest BCUT2D eigenvalue weighted by Crippen LogP contribution is -2.30. The summed E-state index contributed by atoms with van der Waals surface area (Å²) in [5.41, 5.74) is 0. The third-order valence-corrected chi connectivity index (χ3v) is 7.68. The summed E-state index contributed by atoms with van der Waals surface area (Å²) in [6.07, 6.45) is 40.9. The Morgan fingerprint density at radius 2 is 0.763 bits per heavy atom. The van der Waals surface area contributed by atoms with Crippen LogP contribution in [0.15, 0.2) is 37.4 Å². The number of nitrogens with zero attached hydrogens (tertiary/aromatic N) is 4. The molecule has 0 amide bonds. The van der Waals surface area contributed by atoms with Gasteiger partial charge in [-0.2, -0.15) is 0 Å². The van der Waals surface area contributed by atoms with Crippen LogP contribution in [0.5, 0.6) is 0 Å². The van der Waals surface area contributed by atoms with Gasteiger partial charge in [-0.1, -0.05) is 128 Å². The molecule has 2 heterocycles. The minimum Gasteiger partial charge on any atom is -0.237 e. The zero-order valence-corrected chi connectivity index (χ0v) is 25.2. The summed E-state index contributed by atoms with van der Waals surface area (Å²) in [6.45, 7) is 8.37. The molecule has 0 atom stereocenters. The van der Waals surface area contributed by atoms with Gasteiger partial charge in [-0.25, -0.2) is 18.3 Å². The van der Waals surface area contributed by atoms with Crippen LogP contribution < -0.4 is 9.13 Å². The number of hydrogen-bond acceptors (Lipinski definition) is 0. The standard InChI is InChI=1S/C34H60N4/c1-3-5-7-9-11-13-15-17-19-21-25-35-29-31-37(33-35)27-23-24-28-38-32-30-36(34-38)26-22-20-18-16-14-12-10-8-6-4-2/h29-34H,3-22,25-28H2,1-2H3/q+2. The Balaban J connectivity index is 1.47. The van der Waals surface area contributed by atoms with Crippen molar-refractivity contribution in [2.75, 3.05) is 0 Å². The van der Waals surface area contributed by atoms with Gasteiger partial charge in [0.05, 0.1) is 13.1 Å². The summed E-state index contributed by atoms with van der Waals surface area (Å²) < 4.78 is 9.03. The Bertz CT molecular complexity index is 785. The summed E-state index contributed by atoms with van der Waals surface area (Å²) >= 11 is 0. The van der Waals surface area contributed by atoms with Gasteiger partial charge in [0.15, 0.2) is 13.1 Å². The quantitative estimate of drug-likeness (QED) is 0.0745. The monoisotopic (exact) mass is 524 g/mol. The van der Waals surface area contributed by atoms with E-state index in [2.05, 4.69) is 81.4 Å². The molecule has 0 fully saturated rings. The second-order valence-corrected chi connectivity index (χ2v) is 11.4. The SMILES string of the molecule is CCCCCCCCCCCC[n+]1ccn(CC#CCn2cc[n+](CCCCCCCCCCCC)c2)c1. The summed E-state index contributed by atoms with van der Waals surface area (Å²) in [5, 5.41) is 0. The topological polar surface area (TPSA) is 17.6 Å². The molecule has 2 aromatic rings. The fourth-order valence-electron chi connectivity index (χ4n) is 5.19. The van der Waals surface area contributed by atoms with E-state index in [0.29, 0.717) is 0 Å². The average molecular weight is 525 g/mol. The molecule has 0 aliphatic carbocycles. The van der Waals surface area contributed by atoms with Gasteiger partial charge in [0.1, 0.15) is 24.8 Å². The molecule has 0 N–H and O–H groups in total. The highest BCUT2D eigenvalue weighted by atomic mass is 15.1. The van der Waals surface area contributed by atoms with Crippen molar-refractivity contribution in [3.63, 3.8) is 0 Å². The first-order valence-corrected chi connectivity index (χ1v) is 16.4. The maximum absolute atomic E-state index is 3.34. The summed E-state index contributed by atoms with van der Waals surface area (Å²) in [4.78, 5) is 0. The van der Waals surface area contributed by atoms with E-state index >= 15 is 0 Å². The van der Waals surface area contributed by atoms with Gasteiger partial charge < -0.3 is 0 Å². The minimum atomic E-state index is 0.769. The summed E-state index contributed by atoms with van der Waals surface area (Å²) in [6, 6.07) is 0. The van der Waals surface area contributed by atoms with E-state index in [1.54, 1.807) is 0 Å². The molecular formula is C34H60N4+2. The molecule has 0 unspecified atom stereocenters. The van der Waals surface area contributed by atoms with Crippen LogP contribution in [-0.4, -0.2) is 9.13 Å². The predicted octanol–water partition coefficient (Wildman–Crippen LogP) is 8.41. The second-order valence-electron chi connectivity index (χ2n) is 11.4. The molecule has 0 saturated heterocycles. The fourth-order valence-corrected chi connectivity index (χ4v) is 5.19. The van der Waals surface area contributed by atoms with E-state index in [4.69, 9.17) is 0 Å². The van der Waals surface area contributed by atoms with Crippen molar-refractivity contribution in [2.24, 2.45) is 0 Å². The Labute approximate surface area is 235 Å². The summed E-state index contributed by atoms with van der Waals surface area (Å²) in [5.74, 6) is 6.68. The van der Waals surface area contributed by atoms with E-state index in [1.807, 2.05) is 0 Å². The Hall–Kier alpha value is -2.02. The average Bonchev–Trinajstić information content (AvgIpc) is 3.58. The van der Waals surface area contributed by atoms with E-state index < -0.39 is 0 Å². The van der Waals surface area contributed by atoms with Crippen LogP contribution in [0.3, 0.4) is 0 Å². The maximum atomic E-state index is 3.34. The number of hydrogen-bond donors (Lipinski definition) is 0.